The minimum absolute atomic E-state index is 0.338. The van der Waals surface area contributed by atoms with Crippen molar-refractivity contribution in [2.45, 2.75) is 12.4 Å². The van der Waals surface area contributed by atoms with E-state index in [1.165, 1.54) is 24.3 Å². The van der Waals surface area contributed by atoms with E-state index in [-0.39, 0.29) is 0 Å². The number of halogens is 6. The normalized spacial score (nSPS) is 12.1. The van der Waals surface area contributed by atoms with Crippen molar-refractivity contribution in [3.63, 3.8) is 0 Å². The fraction of sp³-hybridized carbons (Fsp3) is 0.182. The number of benzene rings is 3. The number of nitrogens with zero attached hydrogens (tertiary/aromatic N) is 1. The van der Waals surface area contributed by atoms with Gasteiger partial charge in [0.15, 0.2) is 0 Å². The average Bonchev–Trinajstić information content (AvgIpc) is 2.66. The summed E-state index contributed by atoms with van der Waals surface area (Å²) >= 11 is 0. The van der Waals surface area contributed by atoms with Gasteiger partial charge in [-0.2, -0.15) is 26.3 Å². The summed E-state index contributed by atoms with van der Waals surface area (Å²) in [6.07, 6.45) is -8.91. The summed E-state index contributed by atoms with van der Waals surface area (Å²) in [6, 6.07) is 12.6. The van der Waals surface area contributed by atoms with Crippen molar-refractivity contribution in [1.29, 1.82) is 0 Å². The van der Waals surface area contributed by atoms with Gasteiger partial charge in [-0.3, -0.25) is 0 Å². The predicted octanol–water partition coefficient (Wildman–Crippen LogP) is 6.71. The molecule has 2 N–H and O–H groups in total. The second kappa shape index (κ2) is 7.59. The second-order valence-electron chi connectivity index (χ2n) is 7.01. The van der Waals surface area contributed by atoms with Crippen LogP contribution in [0.1, 0.15) is 11.1 Å². The Labute approximate surface area is 169 Å². The lowest BCUT2D eigenvalue weighted by Crippen LogP contribution is -2.12. The van der Waals surface area contributed by atoms with Crippen LogP contribution < -0.4 is 10.6 Å². The number of hydrogen-bond donors (Lipinski definition) is 1. The number of nitrogen functional groups attached to an aromatic ring is 1. The molecule has 0 aliphatic rings. The van der Waals surface area contributed by atoms with Crippen LogP contribution in [0.25, 0.3) is 22.3 Å². The van der Waals surface area contributed by atoms with Gasteiger partial charge >= 0.3 is 12.4 Å². The van der Waals surface area contributed by atoms with Crippen LogP contribution >= 0.6 is 0 Å². The quantitative estimate of drug-likeness (QED) is 0.374. The van der Waals surface area contributed by atoms with Crippen LogP contribution in [0, 0.1) is 0 Å². The highest BCUT2D eigenvalue weighted by molar-refractivity contribution is 5.93. The lowest BCUT2D eigenvalue weighted by Gasteiger charge is -2.23. The molecule has 0 aliphatic carbocycles. The Hall–Kier alpha value is -3.16. The number of hydrogen-bond acceptors (Lipinski definition) is 2. The van der Waals surface area contributed by atoms with E-state index in [4.69, 9.17) is 5.73 Å². The van der Waals surface area contributed by atoms with Gasteiger partial charge in [-0.05, 0) is 47.5 Å². The zero-order valence-electron chi connectivity index (χ0n) is 16.1. The summed E-state index contributed by atoms with van der Waals surface area (Å²) in [5.74, 6) is 0. The summed E-state index contributed by atoms with van der Waals surface area (Å²) in [4.78, 5) is 1.75. The molecule has 2 nitrogen and oxygen atoms in total. The molecule has 0 heterocycles. The minimum Gasteiger partial charge on any atom is -0.399 e. The topological polar surface area (TPSA) is 29.3 Å². The average molecular weight is 424 g/mol. The largest absolute Gasteiger partial charge is 0.416 e. The molecule has 0 aromatic heterocycles. The molecule has 0 bridgehead atoms. The first-order valence-electron chi connectivity index (χ1n) is 8.84. The Balaban J connectivity index is 2.16. The Bertz CT molecular complexity index is 955. The van der Waals surface area contributed by atoms with E-state index >= 15 is 0 Å². The van der Waals surface area contributed by atoms with Gasteiger partial charge in [-0.15, -0.1) is 0 Å². The van der Waals surface area contributed by atoms with Gasteiger partial charge in [0.05, 0.1) is 16.8 Å². The molecule has 0 amide bonds. The molecule has 0 saturated heterocycles. The zero-order valence-corrected chi connectivity index (χ0v) is 16.1. The lowest BCUT2D eigenvalue weighted by molar-refractivity contribution is -0.138. The molecular weight excluding hydrogens is 406 g/mol. The van der Waals surface area contributed by atoms with Gasteiger partial charge in [0.2, 0.25) is 0 Å². The number of alkyl halides is 6. The number of rotatable bonds is 3. The summed E-state index contributed by atoms with van der Waals surface area (Å²) < 4.78 is 77.3. The van der Waals surface area contributed by atoms with Crippen molar-refractivity contribution in [2.24, 2.45) is 0 Å². The van der Waals surface area contributed by atoms with Crippen molar-refractivity contribution in [3.05, 3.63) is 71.8 Å². The third kappa shape index (κ3) is 4.37. The summed E-state index contributed by atoms with van der Waals surface area (Å²) in [7, 11) is 3.49. The van der Waals surface area contributed by atoms with Crippen LogP contribution in [0.4, 0.5) is 37.7 Å². The fourth-order valence-electron chi connectivity index (χ4n) is 3.26. The first-order valence-corrected chi connectivity index (χ1v) is 8.84. The molecule has 8 heteroatoms. The second-order valence-corrected chi connectivity index (χ2v) is 7.01. The van der Waals surface area contributed by atoms with Crippen molar-refractivity contribution >= 4 is 11.4 Å². The minimum atomic E-state index is -4.45. The first kappa shape index (κ1) is 21.5. The van der Waals surface area contributed by atoms with Crippen LogP contribution in [0.2, 0.25) is 0 Å². The summed E-state index contributed by atoms with van der Waals surface area (Å²) in [5.41, 5.74) is 7.60. The van der Waals surface area contributed by atoms with Crippen LogP contribution in [0.5, 0.6) is 0 Å². The molecule has 0 radical (unpaired) electrons. The molecule has 0 aliphatic heterocycles. The molecule has 3 rings (SSSR count). The van der Waals surface area contributed by atoms with E-state index in [9.17, 15) is 26.3 Å². The van der Waals surface area contributed by atoms with E-state index < -0.39 is 23.5 Å². The third-order valence-corrected chi connectivity index (χ3v) is 4.63. The van der Waals surface area contributed by atoms with Gasteiger partial charge in [0.25, 0.3) is 0 Å². The highest BCUT2D eigenvalue weighted by Gasteiger charge is 2.31. The molecule has 0 fully saturated rings. The molecule has 0 saturated carbocycles. The van der Waals surface area contributed by atoms with E-state index in [0.717, 1.165) is 24.3 Å². The van der Waals surface area contributed by atoms with Crippen LogP contribution in [0.3, 0.4) is 0 Å². The summed E-state index contributed by atoms with van der Waals surface area (Å²) in [5, 5.41) is 0. The van der Waals surface area contributed by atoms with Crippen molar-refractivity contribution in [3.8, 4) is 22.3 Å². The highest BCUT2D eigenvalue weighted by Crippen LogP contribution is 2.42. The molecular formula is C22H18F6N2. The highest BCUT2D eigenvalue weighted by atomic mass is 19.4. The van der Waals surface area contributed by atoms with Crippen LogP contribution in [-0.2, 0) is 12.4 Å². The van der Waals surface area contributed by atoms with E-state index in [2.05, 4.69) is 0 Å². The summed E-state index contributed by atoms with van der Waals surface area (Å²) in [6.45, 7) is 0. The van der Waals surface area contributed by atoms with Crippen molar-refractivity contribution < 1.29 is 26.3 Å². The van der Waals surface area contributed by atoms with Gasteiger partial charge < -0.3 is 10.6 Å². The Morgan fingerprint density at radius 2 is 0.967 bits per heavy atom. The van der Waals surface area contributed by atoms with E-state index in [0.29, 0.717) is 33.6 Å². The van der Waals surface area contributed by atoms with Crippen molar-refractivity contribution in [2.75, 3.05) is 24.7 Å². The third-order valence-electron chi connectivity index (χ3n) is 4.63. The van der Waals surface area contributed by atoms with E-state index in [1.54, 1.807) is 31.1 Å². The molecule has 3 aromatic rings. The molecule has 0 unspecified atom stereocenters. The maximum Gasteiger partial charge on any atom is 0.416 e. The monoisotopic (exact) mass is 424 g/mol. The number of anilines is 2. The lowest BCUT2D eigenvalue weighted by atomic mass is 9.93. The maximum atomic E-state index is 12.9. The first-order chi connectivity index (χ1) is 13.9. The smallest absolute Gasteiger partial charge is 0.399 e. The number of nitrogens with two attached hydrogens (primary N) is 1. The molecule has 158 valence electrons. The van der Waals surface area contributed by atoms with E-state index in [1.807, 2.05) is 0 Å². The maximum absolute atomic E-state index is 12.9. The standard InChI is InChI=1S/C22H18F6N2/c1-30(2)20-18(13-3-7-15(8-4-13)21(23,24)25)11-17(29)12-19(20)14-5-9-16(10-6-14)22(26,27)28/h3-12H,29H2,1-2H3. The Morgan fingerprint density at radius 1 is 0.633 bits per heavy atom. The van der Waals surface area contributed by atoms with Crippen LogP contribution in [-0.4, -0.2) is 14.1 Å². The fourth-order valence-corrected chi connectivity index (χ4v) is 3.26. The Kier molecular flexibility index (Phi) is 5.45. The molecule has 3 aromatic carbocycles. The molecule has 0 spiro atoms. The van der Waals surface area contributed by atoms with Gasteiger partial charge in [-0.1, -0.05) is 24.3 Å². The predicted molar refractivity (Wildman–Crippen MR) is 106 cm³/mol. The van der Waals surface area contributed by atoms with Crippen molar-refractivity contribution in [1.82, 2.24) is 0 Å². The SMILES string of the molecule is CN(C)c1c(-c2ccc(C(F)(F)F)cc2)cc(N)cc1-c1ccc(C(F)(F)F)cc1. The van der Waals surface area contributed by atoms with Crippen LogP contribution in [0.15, 0.2) is 60.7 Å². The molecule has 30 heavy (non-hydrogen) atoms. The zero-order chi connectivity index (χ0) is 22.3. The Morgan fingerprint density at radius 3 is 1.23 bits per heavy atom. The van der Waals surface area contributed by atoms with Gasteiger partial charge in [-0.25, -0.2) is 0 Å². The van der Waals surface area contributed by atoms with Gasteiger partial charge in [0.1, 0.15) is 0 Å². The van der Waals surface area contributed by atoms with Gasteiger partial charge in [0, 0.05) is 30.9 Å². The molecule has 0 atom stereocenters.